The average molecular weight is 221 g/mol. The summed E-state index contributed by atoms with van der Waals surface area (Å²) in [6.45, 7) is 2.20. The molecule has 0 aliphatic heterocycles. The van der Waals surface area contributed by atoms with E-state index in [0.29, 0.717) is 12.2 Å². The van der Waals surface area contributed by atoms with Gasteiger partial charge in [0.2, 0.25) is 0 Å². The molecule has 0 aromatic carbocycles. The van der Waals surface area contributed by atoms with Crippen LogP contribution in [0.5, 0.6) is 0 Å². The second-order valence-corrected chi connectivity index (χ2v) is 3.78. The molecule has 0 fully saturated rings. The van der Waals surface area contributed by atoms with E-state index in [1.807, 2.05) is 16.8 Å². The van der Waals surface area contributed by atoms with Crippen LogP contribution in [0.25, 0.3) is 11.3 Å². The Balaban J connectivity index is 2.34. The fraction of sp³-hybridized carbons (Fsp3) is 0.182. The van der Waals surface area contributed by atoms with Gasteiger partial charge in [0.25, 0.3) is 0 Å². The molecule has 1 N–H and O–H groups in total. The SMILES string of the molecule is CCOC(=O)c1cc[nH]c1-c1ccsc1. The number of aromatic amines is 1. The van der Waals surface area contributed by atoms with Crippen LogP contribution in [-0.2, 0) is 4.74 Å². The molecule has 2 aromatic heterocycles. The zero-order valence-corrected chi connectivity index (χ0v) is 9.14. The summed E-state index contributed by atoms with van der Waals surface area (Å²) in [5.41, 5.74) is 2.44. The lowest BCUT2D eigenvalue weighted by molar-refractivity contribution is 0.0527. The lowest BCUT2D eigenvalue weighted by Gasteiger charge is -2.01. The van der Waals surface area contributed by atoms with Crippen LogP contribution in [-0.4, -0.2) is 17.6 Å². The van der Waals surface area contributed by atoms with Crippen molar-refractivity contribution in [3.05, 3.63) is 34.7 Å². The van der Waals surface area contributed by atoms with Crippen LogP contribution in [0.2, 0.25) is 0 Å². The number of carbonyl (C=O) groups is 1. The molecule has 2 rings (SSSR count). The second kappa shape index (κ2) is 4.31. The number of carbonyl (C=O) groups excluding carboxylic acids is 1. The van der Waals surface area contributed by atoms with Gasteiger partial charge in [-0.05, 0) is 24.4 Å². The van der Waals surface area contributed by atoms with Gasteiger partial charge < -0.3 is 9.72 Å². The van der Waals surface area contributed by atoms with Crippen LogP contribution in [0.3, 0.4) is 0 Å². The molecule has 2 heterocycles. The average Bonchev–Trinajstić information content (AvgIpc) is 2.88. The highest BCUT2D eigenvalue weighted by molar-refractivity contribution is 7.08. The summed E-state index contributed by atoms with van der Waals surface area (Å²) >= 11 is 1.60. The lowest BCUT2D eigenvalue weighted by atomic mass is 10.1. The minimum atomic E-state index is -0.278. The third-order valence-electron chi connectivity index (χ3n) is 2.05. The normalized spacial score (nSPS) is 10.2. The van der Waals surface area contributed by atoms with E-state index in [0.717, 1.165) is 11.3 Å². The van der Waals surface area contributed by atoms with Gasteiger partial charge >= 0.3 is 5.97 Å². The Kier molecular flexibility index (Phi) is 2.87. The number of hydrogen-bond donors (Lipinski definition) is 1. The van der Waals surface area contributed by atoms with E-state index >= 15 is 0 Å². The third-order valence-corrected chi connectivity index (χ3v) is 2.74. The topological polar surface area (TPSA) is 42.1 Å². The Morgan fingerprint density at radius 1 is 1.53 bits per heavy atom. The third kappa shape index (κ3) is 1.94. The largest absolute Gasteiger partial charge is 0.462 e. The number of esters is 1. The van der Waals surface area contributed by atoms with Gasteiger partial charge in [-0.2, -0.15) is 11.3 Å². The second-order valence-electron chi connectivity index (χ2n) is 3.00. The molecule has 0 spiro atoms. The number of nitrogens with one attached hydrogen (secondary N) is 1. The standard InChI is InChI=1S/C11H11NO2S/c1-2-14-11(13)9-3-5-12-10(9)8-4-6-15-7-8/h3-7,12H,2H2,1H3. The summed E-state index contributed by atoms with van der Waals surface area (Å²) < 4.78 is 4.97. The molecule has 0 radical (unpaired) electrons. The first-order valence-electron chi connectivity index (χ1n) is 4.70. The van der Waals surface area contributed by atoms with Gasteiger partial charge in [0.05, 0.1) is 17.9 Å². The highest BCUT2D eigenvalue weighted by Gasteiger charge is 2.14. The first kappa shape index (κ1) is 9.98. The highest BCUT2D eigenvalue weighted by Crippen LogP contribution is 2.24. The number of ether oxygens (including phenoxy) is 1. The molecule has 0 saturated carbocycles. The molecule has 15 heavy (non-hydrogen) atoms. The van der Waals surface area contributed by atoms with Crippen LogP contribution in [0, 0.1) is 0 Å². The predicted octanol–water partition coefficient (Wildman–Crippen LogP) is 2.92. The molecular formula is C11H11NO2S. The maximum Gasteiger partial charge on any atom is 0.340 e. The number of thiophene rings is 1. The van der Waals surface area contributed by atoms with E-state index < -0.39 is 0 Å². The molecule has 4 heteroatoms. The first-order chi connectivity index (χ1) is 7.33. The van der Waals surface area contributed by atoms with E-state index in [9.17, 15) is 4.79 Å². The van der Waals surface area contributed by atoms with Gasteiger partial charge in [0.1, 0.15) is 0 Å². The maximum atomic E-state index is 11.6. The van der Waals surface area contributed by atoms with Gasteiger partial charge in [0, 0.05) is 17.1 Å². The maximum absolute atomic E-state index is 11.6. The monoisotopic (exact) mass is 221 g/mol. The van der Waals surface area contributed by atoms with Crippen LogP contribution in [0.15, 0.2) is 29.1 Å². The summed E-state index contributed by atoms with van der Waals surface area (Å²) in [6.07, 6.45) is 1.75. The molecule has 0 saturated heterocycles. The summed E-state index contributed by atoms with van der Waals surface area (Å²) in [5, 5.41) is 3.97. The van der Waals surface area contributed by atoms with Gasteiger partial charge in [-0.25, -0.2) is 4.79 Å². The van der Waals surface area contributed by atoms with E-state index in [-0.39, 0.29) is 5.97 Å². The quantitative estimate of drug-likeness (QED) is 0.810. The molecule has 78 valence electrons. The molecule has 3 nitrogen and oxygen atoms in total. The summed E-state index contributed by atoms with van der Waals surface area (Å²) in [4.78, 5) is 14.6. The van der Waals surface area contributed by atoms with Crippen LogP contribution in [0.1, 0.15) is 17.3 Å². The Morgan fingerprint density at radius 3 is 3.07 bits per heavy atom. The molecule has 0 bridgehead atoms. The number of aromatic nitrogens is 1. The van der Waals surface area contributed by atoms with Crippen molar-refractivity contribution in [2.24, 2.45) is 0 Å². The van der Waals surface area contributed by atoms with Crippen molar-refractivity contribution < 1.29 is 9.53 Å². The number of H-pyrrole nitrogens is 1. The van der Waals surface area contributed by atoms with Crippen molar-refractivity contribution in [2.75, 3.05) is 6.61 Å². The van der Waals surface area contributed by atoms with Gasteiger partial charge in [-0.3, -0.25) is 0 Å². The van der Waals surface area contributed by atoms with E-state index in [1.54, 1.807) is 30.5 Å². The molecule has 0 atom stereocenters. The number of hydrogen-bond acceptors (Lipinski definition) is 3. The smallest absolute Gasteiger partial charge is 0.340 e. The van der Waals surface area contributed by atoms with Crippen LogP contribution >= 0.6 is 11.3 Å². The zero-order chi connectivity index (χ0) is 10.7. The van der Waals surface area contributed by atoms with Crippen LogP contribution < -0.4 is 0 Å². The number of rotatable bonds is 3. The Bertz CT molecular complexity index is 445. The molecule has 0 amide bonds. The van der Waals surface area contributed by atoms with Crippen molar-refractivity contribution in [2.45, 2.75) is 6.92 Å². The van der Waals surface area contributed by atoms with Crippen molar-refractivity contribution in [1.29, 1.82) is 0 Å². The molecule has 0 aliphatic carbocycles. The van der Waals surface area contributed by atoms with E-state index in [2.05, 4.69) is 4.98 Å². The van der Waals surface area contributed by atoms with Gasteiger partial charge in [-0.15, -0.1) is 0 Å². The summed E-state index contributed by atoms with van der Waals surface area (Å²) in [6, 6.07) is 3.71. The van der Waals surface area contributed by atoms with E-state index in [1.165, 1.54) is 0 Å². The van der Waals surface area contributed by atoms with Crippen LogP contribution in [0.4, 0.5) is 0 Å². The minimum absolute atomic E-state index is 0.278. The summed E-state index contributed by atoms with van der Waals surface area (Å²) in [7, 11) is 0. The fourth-order valence-corrected chi connectivity index (χ4v) is 2.04. The fourth-order valence-electron chi connectivity index (χ4n) is 1.39. The Hall–Kier alpha value is -1.55. The minimum Gasteiger partial charge on any atom is -0.462 e. The Morgan fingerprint density at radius 2 is 2.40 bits per heavy atom. The first-order valence-corrected chi connectivity index (χ1v) is 5.64. The van der Waals surface area contributed by atoms with Crippen molar-refractivity contribution in [3.8, 4) is 11.3 Å². The molecular weight excluding hydrogens is 210 g/mol. The lowest BCUT2D eigenvalue weighted by Crippen LogP contribution is -2.04. The van der Waals surface area contributed by atoms with Crippen molar-refractivity contribution in [1.82, 2.24) is 4.98 Å². The molecule has 0 unspecified atom stereocenters. The summed E-state index contributed by atoms with van der Waals surface area (Å²) in [5.74, 6) is -0.278. The van der Waals surface area contributed by atoms with E-state index in [4.69, 9.17) is 4.74 Å². The zero-order valence-electron chi connectivity index (χ0n) is 8.32. The van der Waals surface area contributed by atoms with Crippen molar-refractivity contribution >= 4 is 17.3 Å². The highest BCUT2D eigenvalue weighted by atomic mass is 32.1. The molecule has 2 aromatic rings. The predicted molar refractivity (Wildman–Crippen MR) is 60.1 cm³/mol. The Labute approximate surface area is 91.7 Å². The molecule has 0 aliphatic rings. The van der Waals surface area contributed by atoms with Gasteiger partial charge in [0.15, 0.2) is 0 Å². The van der Waals surface area contributed by atoms with Crippen molar-refractivity contribution in [3.63, 3.8) is 0 Å². The van der Waals surface area contributed by atoms with Gasteiger partial charge in [-0.1, -0.05) is 0 Å².